The average molecular weight is 256 g/mol. The number of aliphatic hydroxyl groups is 1. The molecule has 2 fully saturated rings. The molecule has 0 aromatic carbocycles. The molecule has 0 aromatic rings. The zero-order valence-corrected chi connectivity index (χ0v) is 11.8. The number of aliphatic hydroxyl groups excluding tert-OH is 1. The molecule has 3 atom stereocenters. The summed E-state index contributed by atoms with van der Waals surface area (Å²) < 4.78 is 5.84. The average Bonchev–Trinajstić information content (AvgIpc) is 2.73. The Morgan fingerprint density at radius 2 is 2.00 bits per heavy atom. The number of fused-ring (bicyclic) bond motifs is 2. The maximum Gasteiger partial charge on any atom is 0.0707 e. The van der Waals surface area contributed by atoms with Crippen molar-refractivity contribution in [3.63, 3.8) is 0 Å². The third-order valence-electron chi connectivity index (χ3n) is 4.25. The molecule has 3 unspecified atom stereocenters. The van der Waals surface area contributed by atoms with Crippen LogP contribution in [0.4, 0.5) is 0 Å². The Balaban J connectivity index is 1.75. The van der Waals surface area contributed by atoms with E-state index in [1.807, 2.05) is 0 Å². The third-order valence-corrected chi connectivity index (χ3v) is 4.25. The van der Waals surface area contributed by atoms with Crippen molar-refractivity contribution in [1.82, 2.24) is 10.2 Å². The van der Waals surface area contributed by atoms with Gasteiger partial charge in [-0.1, -0.05) is 6.92 Å². The molecule has 2 rings (SSSR count). The van der Waals surface area contributed by atoms with Gasteiger partial charge in [0, 0.05) is 25.2 Å². The first-order valence-electron chi connectivity index (χ1n) is 7.39. The van der Waals surface area contributed by atoms with E-state index in [9.17, 15) is 5.11 Å². The standard InChI is InChI=1S/C14H28N2O2/c1-3-7-15-14(2,11-17)6-8-16-9-12-4-5-13(10-16)18-12/h12-13,15,17H,3-11H2,1-2H3. The Kier molecular flexibility index (Phi) is 5.01. The predicted molar refractivity (Wildman–Crippen MR) is 72.7 cm³/mol. The molecule has 0 aromatic heterocycles. The van der Waals surface area contributed by atoms with E-state index in [0.717, 1.165) is 39.0 Å². The number of nitrogens with one attached hydrogen (secondary N) is 1. The van der Waals surface area contributed by atoms with E-state index in [0.29, 0.717) is 12.2 Å². The molecule has 106 valence electrons. The van der Waals surface area contributed by atoms with Gasteiger partial charge < -0.3 is 15.2 Å². The van der Waals surface area contributed by atoms with Crippen LogP contribution in [0.15, 0.2) is 0 Å². The minimum absolute atomic E-state index is 0.132. The van der Waals surface area contributed by atoms with Crippen LogP contribution in [0.2, 0.25) is 0 Å². The van der Waals surface area contributed by atoms with Crippen LogP contribution < -0.4 is 5.32 Å². The lowest BCUT2D eigenvalue weighted by molar-refractivity contribution is -0.0410. The second kappa shape index (κ2) is 6.33. The van der Waals surface area contributed by atoms with E-state index in [-0.39, 0.29) is 12.1 Å². The molecule has 2 N–H and O–H groups in total. The summed E-state index contributed by atoms with van der Waals surface area (Å²) in [6, 6.07) is 0. The first kappa shape index (κ1) is 14.3. The van der Waals surface area contributed by atoms with Gasteiger partial charge in [0.15, 0.2) is 0 Å². The monoisotopic (exact) mass is 256 g/mol. The lowest BCUT2D eigenvalue weighted by Crippen LogP contribution is -2.50. The van der Waals surface area contributed by atoms with Crippen LogP contribution in [-0.2, 0) is 4.74 Å². The fourth-order valence-corrected chi connectivity index (χ4v) is 2.94. The summed E-state index contributed by atoms with van der Waals surface area (Å²) in [4.78, 5) is 2.51. The van der Waals surface area contributed by atoms with Crippen molar-refractivity contribution >= 4 is 0 Å². The number of hydrogen-bond donors (Lipinski definition) is 2. The highest BCUT2D eigenvalue weighted by atomic mass is 16.5. The van der Waals surface area contributed by atoms with Gasteiger partial charge in [0.1, 0.15) is 0 Å². The molecule has 2 aliphatic rings. The maximum absolute atomic E-state index is 9.55. The minimum atomic E-state index is -0.132. The van der Waals surface area contributed by atoms with Crippen molar-refractivity contribution in [2.24, 2.45) is 0 Å². The molecule has 0 spiro atoms. The molecule has 2 aliphatic heterocycles. The number of rotatable bonds is 7. The quantitative estimate of drug-likeness (QED) is 0.713. The van der Waals surface area contributed by atoms with Crippen LogP contribution in [0.1, 0.15) is 39.5 Å². The molecule has 4 nitrogen and oxygen atoms in total. The first-order chi connectivity index (χ1) is 8.65. The van der Waals surface area contributed by atoms with Crippen molar-refractivity contribution in [3.8, 4) is 0 Å². The van der Waals surface area contributed by atoms with Gasteiger partial charge in [-0.3, -0.25) is 4.90 Å². The van der Waals surface area contributed by atoms with Crippen LogP contribution >= 0.6 is 0 Å². The van der Waals surface area contributed by atoms with Crippen molar-refractivity contribution < 1.29 is 9.84 Å². The third kappa shape index (κ3) is 3.67. The summed E-state index contributed by atoms with van der Waals surface area (Å²) in [6.07, 6.45) is 5.50. The van der Waals surface area contributed by atoms with Gasteiger partial charge >= 0.3 is 0 Å². The van der Waals surface area contributed by atoms with Crippen molar-refractivity contribution in [2.45, 2.75) is 57.3 Å². The Labute approximate surface area is 111 Å². The number of hydrogen-bond acceptors (Lipinski definition) is 4. The molecule has 0 radical (unpaired) electrons. The Morgan fingerprint density at radius 1 is 1.33 bits per heavy atom. The first-order valence-corrected chi connectivity index (χ1v) is 7.39. The largest absolute Gasteiger partial charge is 0.394 e. The Morgan fingerprint density at radius 3 is 2.56 bits per heavy atom. The molecule has 0 aliphatic carbocycles. The Hall–Kier alpha value is -0.160. The number of ether oxygens (including phenoxy) is 1. The molecule has 2 saturated heterocycles. The summed E-state index contributed by atoms with van der Waals surface area (Å²) in [6.45, 7) is 8.68. The van der Waals surface area contributed by atoms with Crippen LogP contribution in [0.5, 0.6) is 0 Å². The zero-order valence-electron chi connectivity index (χ0n) is 11.8. The normalized spacial score (nSPS) is 31.5. The van der Waals surface area contributed by atoms with Crippen molar-refractivity contribution in [2.75, 3.05) is 32.8 Å². The lowest BCUT2D eigenvalue weighted by Gasteiger charge is -2.36. The van der Waals surface area contributed by atoms with Gasteiger partial charge in [-0.25, -0.2) is 0 Å². The molecule has 0 amide bonds. The zero-order chi connectivity index (χ0) is 13.0. The highest BCUT2D eigenvalue weighted by molar-refractivity contribution is 4.88. The van der Waals surface area contributed by atoms with Crippen molar-refractivity contribution in [1.29, 1.82) is 0 Å². The van der Waals surface area contributed by atoms with E-state index < -0.39 is 0 Å². The molecule has 2 heterocycles. The van der Waals surface area contributed by atoms with Gasteiger partial charge in [-0.05, 0) is 39.2 Å². The maximum atomic E-state index is 9.55. The number of likely N-dealkylation sites (tertiary alicyclic amines) is 1. The minimum Gasteiger partial charge on any atom is -0.394 e. The Bertz CT molecular complexity index is 250. The highest BCUT2D eigenvalue weighted by Gasteiger charge is 2.34. The van der Waals surface area contributed by atoms with Gasteiger partial charge in [0.2, 0.25) is 0 Å². The van der Waals surface area contributed by atoms with E-state index in [1.54, 1.807) is 0 Å². The second-order valence-corrected chi connectivity index (χ2v) is 6.11. The van der Waals surface area contributed by atoms with Gasteiger partial charge in [0.25, 0.3) is 0 Å². The van der Waals surface area contributed by atoms with E-state index in [1.165, 1.54) is 12.8 Å². The van der Waals surface area contributed by atoms with Crippen LogP contribution in [0.25, 0.3) is 0 Å². The molecule has 18 heavy (non-hydrogen) atoms. The summed E-state index contributed by atoms with van der Waals surface area (Å²) in [5.74, 6) is 0. The van der Waals surface area contributed by atoms with E-state index in [2.05, 4.69) is 24.1 Å². The molecular weight excluding hydrogens is 228 g/mol. The number of nitrogens with zero attached hydrogens (tertiary/aromatic N) is 1. The van der Waals surface area contributed by atoms with Gasteiger partial charge in [-0.2, -0.15) is 0 Å². The SMILES string of the molecule is CCCNC(C)(CO)CCN1CC2CCC(C1)O2. The highest BCUT2D eigenvalue weighted by Crippen LogP contribution is 2.26. The van der Waals surface area contributed by atoms with Crippen LogP contribution in [-0.4, -0.2) is 60.5 Å². The molecule has 0 saturated carbocycles. The summed E-state index contributed by atoms with van der Waals surface area (Å²) >= 11 is 0. The second-order valence-electron chi connectivity index (χ2n) is 6.11. The molecule has 4 heteroatoms. The van der Waals surface area contributed by atoms with Crippen LogP contribution in [0.3, 0.4) is 0 Å². The smallest absolute Gasteiger partial charge is 0.0707 e. The molecule has 2 bridgehead atoms. The summed E-state index contributed by atoms with van der Waals surface area (Å²) in [5.41, 5.74) is -0.132. The summed E-state index contributed by atoms with van der Waals surface area (Å²) in [7, 11) is 0. The van der Waals surface area contributed by atoms with Crippen molar-refractivity contribution in [3.05, 3.63) is 0 Å². The van der Waals surface area contributed by atoms with Crippen LogP contribution in [0, 0.1) is 0 Å². The topological polar surface area (TPSA) is 44.7 Å². The van der Waals surface area contributed by atoms with Gasteiger partial charge in [0.05, 0.1) is 18.8 Å². The fraction of sp³-hybridized carbons (Fsp3) is 1.00. The molecular formula is C14H28N2O2. The predicted octanol–water partition coefficient (Wildman–Crippen LogP) is 0.990. The lowest BCUT2D eigenvalue weighted by atomic mass is 9.98. The summed E-state index contributed by atoms with van der Waals surface area (Å²) in [5, 5.41) is 13.0. The van der Waals surface area contributed by atoms with E-state index in [4.69, 9.17) is 4.74 Å². The number of morpholine rings is 1. The van der Waals surface area contributed by atoms with E-state index >= 15 is 0 Å². The van der Waals surface area contributed by atoms with Gasteiger partial charge in [-0.15, -0.1) is 0 Å². The fourth-order valence-electron chi connectivity index (χ4n) is 2.94.